The zero-order chi connectivity index (χ0) is 16.1. The molecule has 0 heterocycles. The fraction of sp³-hybridized carbons (Fsp3) is 0.500. The van der Waals surface area contributed by atoms with Gasteiger partial charge < -0.3 is 5.32 Å². The van der Waals surface area contributed by atoms with E-state index in [2.05, 4.69) is 10.0 Å². The lowest BCUT2D eigenvalue weighted by molar-refractivity contribution is 0.580. The van der Waals surface area contributed by atoms with Crippen molar-refractivity contribution in [1.82, 2.24) is 10.0 Å². The van der Waals surface area contributed by atoms with Crippen LogP contribution in [0, 0.1) is 0 Å². The molecule has 0 spiro atoms. The summed E-state index contributed by atoms with van der Waals surface area (Å²) in [4.78, 5) is 0.0874. The molecule has 120 valence electrons. The van der Waals surface area contributed by atoms with Crippen LogP contribution in [0.4, 0.5) is 0 Å². The molecular formula is C12H21N3O4S2. The Hall–Kier alpha value is -1.00. The van der Waals surface area contributed by atoms with Crippen LogP contribution in [0.25, 0.3) is 0 Å². The summed E-state index contributed by atoms with van der Waals surface area (Å²) < 4.78 is 47.7. The van der Waals surface area contributed by atoms with E-state index in [0.29, 0.717) is 0 Å². The molecular weight excluding hydrogens is 314 g/mol. The molecule has 0 aromatic heterocycles. The summed E-state index contributed by atoms with van der Waals surface area (Å²) >= 11 is 0. The summed E-state index contributed by atoms with van der Waals surface area (Å²) in [6, 6.07) is 6.55. The molecule has 7 nitrogen and oxygen atoms in total. The van der Waals surface area contributed by atoms with E-state index in [1.807, 2.05) is 13.8 Å². The highest BCUT2D eigenvalue weighted by molar-refractivity contribution is 7.90. The Kier molecular flexibility index (Phi) is 6.29. The van der Waals surface area contributed by atoms with Crippen molar-refractivity contribution in [3.05, 3.63) is 29.8 Å². The molecule has 1 aromatic rings. The topological polar surface area (TPSA) is 118 Å². The van der Waals surface area contributed by atoms with Gasteiger partial charge in [-0.05, 0) is 31.2 Å². The van der Waals surface area contributed by atoms with Crippen LogP contribution in [0.3, 0.4) is 0 Å². The van der Waals surface area contributed by atoms with Gasteiger partial charge in [0.1, 0.15) is 0 Å². The first-order valence-corrected chi connectivity index (χ1v) is 9.69. The number of nitrogens with one attached hydrogen (secondary N) is 2. The van der Waals surface area contributed by atoms with Gasteiger partial charge in [0.2, 0.25) is 20.0 Å². The molecule has 0 amide bonds. The van der Waals surface area contributed by atoms with Gasteiger partial charge in [-0.15, -0.1) is 0 Å². The van der Waals surface area contributed by atoms with Crippen LogP contribution in [0.1, 0.15) is 25.5 Å². The molecule has 0 saturated heterocycles. The summed E-state index contributed by atoms with van der Waals surface area (Å²) in [6.45, 7) is 4.54. The molecule has 0 saturated carbocycles. The summed E-state index contributed by atoms with van der Waals surface area (Å²) in [6.07, 6.45) is 0. The first kappa shape index (κ1) is 18.1. The normalized spacial score (nSPS) is 14.0. The standard InChI is InChI=1S/C12H21N3O4S2/c1-3-14-10(2)11-4-6-12(7-5-11)21(18,19)15-8-9-20(13,16)17/h4-7,10,14-15H,3,8-9H2,1-2H3,(H2,13,16,17). The van der Waals surface area contributed by atoms with Crippen molar-refractivity contribution in [3.63, 3.8) is 0 Å². The SMILES string of the molecule is CCNC(C)c1ccc(S(=O)(=O)NCCS(N)(=O)=O)cc1. The van der Waals surface area contributed by atoms with Crippen LogP contribution in [-0.4, -0.2) is 35.7 Å². The van der Waals surface area contributed by atoms with Crippen LogP contribution in [0.5, 0.6) is 0 Å². The van der Waals surface area contributed by atoms with Gasteiger partial charge >= 0.3 is 0 Å². The summed E-state index contributed by atoms with van der Waals surface area (Å²) in [5, 5.41) is 8.04. The van der Waals surface area contributed by atoms with Gasteiger partial charge in [-0.1, -0.05) is 19.1 Å². The second-order valence-corrected chi connectivity index (χ2v) is 8.11. The Bertz CT molecular complexity index is 654. The second-order valence-electron chi connectivity index (χ2n) is 4.61. The predicted octanol–water partition coefficient (Wildman–Crippen LogP) is -0.0761. The van der Waals surface area contributed by atoms with Gasteiger partial charge in [0, 0.05) is 12.6 Å². The highest BCUT2D eigenvalue weighted by atomic mass is 32.2. The van der Waals surface area contributed by atoms with E-state index in [9.17, 15) is 16.8 Å². The van der Waals surface area contributed by atoms with Crippen molar-refractivity contribution in [2.24, 2.45) is 5.14 Å². The van der Waals surface area contributed by atoms with E-state index < -0.39 is 25.8 Å². The van der Waals surface area contributed by atoms with E-state index in [4.69, 9.17) is 5.14 Å². The van der Waals surface area contributed by atoms with Crippen molar-refractivity contribution in [3.8, 4) is 0 Å². The van der Waals surface area contributed by atoms with Crippen molar-refractivity contribution in [2.75, 3.05) is 18.8 Å². The Labute approximate surface area is 126 Å². The van der Waals surface area contributed by atoms with Crippen LogP contribution < -0.4 is 15.2 Å². The van der Waals surface area contributed by atoms with Crippen molar-refractivity contribution < 1.29 is 16.8 Å². The van der Waals surface area contributed by atoms with E-state index in [-0.39, 0.29) is 17.5 Å². The minimum atomic E-state index is -3.73. The first-order valence-electron chi connectivity index (χ1n) is 6.49. The minimum absolute atomic E-state index is 0.0874. The number of sulfonamides is 2. The molecule has 1 rings (SSSR count). The summed E-state index contributed by atoms with van der Waals surface area (Å²) in [5.74, 6) is -0.443. The Balaban J connectivity index is 2.76. The largest absolute Gasteiger partial charge is 0.310 e. The fourth-order valence-electron chi connectivity index (χ4n) is 1.76. The maximum Gasteiger partial charge on any atom is 0.240 e. The van der Waals surface area contributed by atoms with Gasteiger partial charge in [0.05, 0.1) is 10.6 Å². The zero-order valence-corrected chi connectivity index (χ0v) is 13.7. The summed E-state index contributed by atoms with van der Waals surface area (Å²) in [7, 11) is -7.42. The lowest BCUT2D eigenvalue weighted by atomic mass is 10.1. The molecule has 4 N–H and O–H groups in total. The van der Waals surface area contributed by atoms with Gasteiger partial charge in [-0.2, -0.15) is 0 Å². The monoisotopic (exact) mass is 335 g/mol. The highest BCUT2D eigenvalue weighted by Gasteiger charge is 2.15. The molecule has 0 fully saturated rings. The number of benzene rings is 1. The maximum atomic E-state index is 12.0. The van der Waals surface area contributed by atoms with Crippen molar-refractivity contribution >= 4 is 20.0 Å². The number of hydrogen-bond acceptors (Lipinski definition) is 5. The Morgan fingerprint density at radius 3 is 2.19 bits per heavy atom. The third kappa shape index (κ3) is 6.10. The molecule has 0 bridgehead atoms. The number of rotatable bonds is 8. The molecule has 9 heteroatoms. The predicted molar refractivity (Wildman–Crippen MR) is 81.7 cm³/mol. The molecule has 0 aliphatic rings. The third-order valence-corrected chi connectivity index (χ3v) is 5.13. The lowest BCUT2D eigenvalue weighted by Crippen LogP contribution is -2.31. The average Bonchev–Trinajstić information content (AvgIpc) is 2.37. The number of nitrogens with two attached hydrogens (primary N) is 1. The van der Waals surface area contributed by atoms with E-state index in [1.165, 1.54) is 12.1 Å². The lowest BCUT2D eigenvalue weighted by Gasteiger charge is -2.13. The van der Waals surface area contributed by atoms with Gasteiger partial charge in [-0.25, -0.2) is 26.7 Å². The molecule has 0 radical (unpaired) electrons. The Morgan fingerprint density at radius 1 is 1.14 bits per heavy atom. The smallest absolute Gasteiger partial charge is 0.240 e. The fourth-order valence-corrected chi connectivity index (χ4v) is 3.31. The van der Waals surface area contributed by atoms with Crippen LogP contribution in [0.2, 0.25) is 0 Å². The second kappa shape index (κ2) is 7.32. The Morgan fingerprint density at radius 2 is 1.71 bits per heavy atom. The van der Waals surface area contributed by atoms with Crippen LogP contribution in [-0.2, 0) is 20.0 Å². The molecule has 1 atom stereocenters. The minimum Gasteiger partial charge on any atom is -0.310 e. The van der Waals surface area contributed by atoms with E-state index in [0.717, 1.165) is 12.1 Å². The van der Waals surface area contributed by atoms with Gasteiger partial charge in [0.25, 0.3) is 0 Å². The first-order chi connectivity index (χ1) is 9.65. The van der Waals surface area contributed by atoms with E-state index in [1.54, 1.807) is 12.1 Å². The maximum absolute atomic E-state index is 12.0. The number of hydrogen-bond donors (Lipinski definition) is 3. The van der Waals surface area contributed by atoms with Crippen molar-refractivity contribution in [2.45, 2.75) is 24.8 Å². The molecule has 1 aromatic carbocycles. The quantitative estimate of drug-likeness (QED) is 0.614. The number of primary sulfonamides is 1. The zero-order valence-electron chi connectivity index (χ0n) is 12.0. The third-order valence-electron chi connectivity index (χ3n) is 2.88. The molecule has 0 aliphatic heterocycles. The van der Waals surface area contributed by atoms with E-state index >= 15 is 0 Å². The highest BCUT2D eigenvalue weighted by Crippen LogP contribution is 2.15. The van der Waals surface area contributed by atoms with Gasteiger partial charge in [-0.3, -0.25) is 0 Å². The van der Waals surface area contributed by atoms with Crippen LogP contribution >= 0.6 is 0 Å². The van der Waals surface area contributed by atoms with Crippen LogP contribution in [0.15, 0.2) is 29.2 Å². The molecule has 1 unspecified atom stereocenters. The molecule has 0 aliphatic carbocycles. The van der Waals surface area contributed by atoms with Gasteiger partial charge in [0.15, 0.2) is 0 Å². The van der Waals surface area contributed by atoms with Crippen molar-refractivity contribution in [1.29, 1.82) is 0 Å². The summed E-state index contributed by atoms with van der Waals surface area (Å²) in [5.41, 5.74) is 0.973. The average molecular weight is 335 g/mol. The molecule has 21 heavy (non-hydrogen) atoms.